The van der Waals surface area contributed by atoms with E-state index in [-0.39, 0.29) is 21.2 Å². The quantitative estimate of drug-likeness (QED) is 0.570. The second-order valence-corrected chi connectivity index (χ2v) is 8.74. The zero-order valence-electron chi connectivity index (χ0n) is 16.3. The first-order valence-electron chi connectivity index (χ1n) is 9.39. The van der Waals surface area contributed by atoms with Crippen LogP contribution in [0.4, 0.5) is 21.5 Å². The van der Waals surface area contributed by atoms with Gasteiger partial charge in [0.25, 0.3) is 15.9 Å². The van der Waals surface area contributed by atoms with Gasteiger partial charge >= 0.3 is 0 Å². The molecule has 0 fully saturated rings. The number of anilines is 3. The highest BCUT2D eigenvalue weighted by molar-refractivity contribution is 7.90. The Kier molecular flexibility index (Phi) is 5.51. The van der Waals surface area contributed by atoms with Crippen LogP contribution in [0.1, 0.15) is 23.7 Å². The topological polar surface area (TPSA) is 78.8 Å². The van der Waals surface area contributed by atoms with Crippen LogP contribution in [0.15, 0.2) is 76.0 Å². The van der Waals surface area contributed by atoms with Crippen molar-refractivity contribution in [2.45, 2.75) is 18.2 Å². The van der Waals surface area contributed by atoms with E-state index in [0.717, 1.165) is 0 Å². The maximum atomic E-state index is 13.4. The minimum Gasteiger partial charge on any atom is -0.322 e. The molecule has 0 spiro atoms. The van der Waals surface area contributed by atoms with Gasteiger partial charge in [-0.3, -0.25) is 9.69 Å². The van der Waals surface area contributed by atoms with E-state index in [1.165, 1.54) is 18.2 Å². The predicted molar refractivity (Wildman–Crippen MR) is 119 cm³/mol. The van der Waals surface area contributed by atoms with Crippen LogP contribution >= 0.6 is 11.6 Å². The maximum absolute atomic E-state index is 13.4. The van der Waals surface area contributed by atoms with Gasteiger partial charge in [-0.2, -0.15) is 8.42 Å². The first kappa shape index (κ1) is 21.0. The standard InChI is InChI=1S/C22H17ClFN3O3S/c1-2-21-26-31(29,30)20-13-15(25-22(28)17-5-3-4-6-18(17)23)9-12-19(20)27(21)16-10-7-14(24)8-11-16/h3-13H,2H2,1H3,(H,25,28). The molecule has 0 aliphatic carbocycles. The van der Waals surface area contributed by atoms with Crippen molar-refractivity contribution in [3.8, 4) is 0 Å². The minimum absolute atomic E-state index is 0.0639. The third kappa shape index (κ3) is 4.04. The molecule has 0 bridgehead atoms. The number of rotatable bonds is 4. The molecule has 1 aliphatic rings. The van der Waals surface area contributed by atoms with E-state index < -0.39 is 21.7 Å². The second-order valence-electron chi connectivity index (χ2n) is 6.76. The zero-order valence-corrected chi connectivity index (χ0v) is 17.9. The molecule has 0 unspecified atom stereocenters. The predicted octanol–water partition coefficient (Wildman–Crippen LogP) is 5.38. The van der Waals surface area contributed by atoms with Crippen molar-refractivity contribution in [1.82, 2.24) is 0 Å². The van der Waals surface area contributed by atoms with Gasteiger partial charge in [-0.05, 0) is 54.6 Å². The van der Waals surface area contributed by atoms with E-state index in [1.54, 1.807) is 60.4 Å². The Labute approximate surface area is 184 Å². The molecule has 31 heavy (non-hydrogen) atoms. The van der Waals surface area contributed by atoms with E-state index in [0.29, 0.717) is 23.6 Å². The van der Waals surface area contributed by atoms with Gasteiger partial charge in [0.1, 0.15) is 16.5 Å². The SMILES string of the molecule is CCC1=NS(=O)(=O)c2cc(NC(=O)c3ccccc3Cl)ccc2N1c1ccc(F)cc1. The van der Waals surface area contributed by atoms with Crippen LogP contribution in [0, 0.1) is 5.82 Å². The first-order chi connectivity index (χ1) is 14.8. The van der Waals surface area contributed by atoms with Crippen molar-refractivity contribution >= 4 is 50.4 Å². The van der Waals surface area contributed by atoms with Gasteiger partial charge in [-0.15, -0.1) is 4.40 Å². The van der Waals surface area contributed by atoms with Crippen LogP contribution in [0.25, 0.3) is 0 Å². The normalized spacial score (nSPS) is 14.5. The molecule has 9 heteroatoms. The fourth-order valence-electron chi connectivity index (χ4n) is 3.30. The fraction of sp³-hybridized carbons (Fsp3) is 0.0909. The molecule has 3 aromatic rings. The Morgan fingerprint density at radius 2 is 1.81 bits per heavy atom. The van der Waals surface area contributed by atoms with Gasteiger partial charge in [0, 0.05) is 17.8 Å². The average Bonchev–Trinajstić information content (AvgIpc) is 2.75. The number of carbonyl (C=O) groups excluding carboxylic acids is 1. The number of carbonyl (C=O) groups is 1. The molecule has 158 valence electrons. The molecular weight excluding hydrogens is 441 g/mol. The van der Waals surface area contributed by atoms with E-state index in [9.17, 15) is 17.6 Å². The van der Waals surface area contributed by atoms with Gasteiger partial charge in [-0.1, -0.05) is 30.7 Å². The van der Waals surface area contributed by atoms with Crippen molar-refractivity contribution in [1.29, 1.82) is 0 Å². The summed E-state index contributed by atoms with van der Waals surface area (Å²) >= 11 is 6.07. The first-order valence-corrected chi connectivity index (χ1v) is 11.2. The van der Waals surface area contributed by atoms with Gasteiger partial charge in [0.2, 0.25) is 0 Å². The fourth-order valence-corrected chi connectivity index (χ4v) is 4.80. The van der Waals surface area contributed by atoms with Crippen LogP contribution in [0.5, 0.6) is 0 Å². The molecule has 0 saturated heterocycles. The number of halogens is 2. The lowest BCUT2D eigenvalue weighted by Crippen LogP contribution is -2.31. The number of sulfonamides is 1. The molecule has 0 atom stereocenters. The maximum Gasteiger partial charge on any atom is 0.286 e. The number of nitrogens with zero attached hydrogens (tertiary/aromatic N) is 2. The molecule has 1 N–H and O–H groups in total. The van der Waals surface area contributed by atoms with Crippen molar-refractivity contribution in [2.75, 3.05) is 10.2 Å². The Morgan fingerprint density at radius 1 is 1.10 bits per heavy atom. The highest BCUT2D eigenvalue weighted by Crippen LogP contribution is 2.39. The van der Waals surface area contributed by atoms with Crippen LogP contribution in [0.2, 0.25) is 5.02 Å². The van der Waals surface area contributed by atoms with E-state index in [1.807, 2.05) is 0 Å². The summed E-state index contributed by atoms with van der Waals surface area (Å²) < 4.78 is 43.0. The Balaban J connectivity index is 1.76. The van der Waals surface area contributed by atoms with Crippen LogP contribution < -0.4 is 10.2 Å². The van der Waals surface area contributed by atoms with E-state index in [2.05, 4.69) is 9.71 Å². The highest BCUT2D eigenvalue weighted by Gasteiger charge is 2.31. The van der Waals surface area contributed by atoms with Crippen molar-refractivity contribution < 1.29 is 17.6 Å². The molecule has 1 amide bonds. The summed E-state index contributed by atoms with van der Waals surface area (Å²) in [6.07, 6.45) is 0.348. The smallest absolute Gasteiger partial charge is 0.286 e. The summed E-state index contributed by atoms with van der Waals surface area (Å²) in [6.45, 7) is 1.79. The number of fused-ring (bicyclic) bond motifs is 1. The van der Waals surface area contributed by atoms with E-state index >= 15 is 0 Å². The van der Waals surface area contributed by atoms with Crippen LogP contribution in [0.3, 0.4) is 0 Å². The highest BCUT2D eigenvalue weighted by atomic mass is 35.5. The molecule has 1 heterocycles. The lowest BCUT2D eigenvalue weighted by molar-refractivity contribution is 0.102. The van der Waals surface area contributed by atoms with Crippen molar-refractivity contribution in [2.24, 2.45) is 4.40 Å². The van der Waals surface area contributed by atoms with Gasteiger partial charge < -0.3 is 5.32 Å². The summed E-state index contributed by atoms with van der Waals surface area (Å²) in [5.74, 6) is -0.555. The summed E-state index contributed by atoms with van der Waals surface area (Å²) in [7, 11) is -3.99. The lowest BCUT2D eigenvalue weighted by Gasteiger charge is -2.31. The van der Waals surface area contributed by atoms with Crippen LogP contribution in [-0.4, -0.2) is 20.2 Å². The van der Waals surface area contributed by atoms with Gasteiger partial charge in [0.05, 0.1) is 16.3 Å². The third-order valence-electron chi connectivity index (χ3n) is 4.74. The van der Waals surface area contributed by atoms with E-state index in [4.69, 9.17) is 11.6 Å². The number of amides is 1. The molecular formula is C22H17ClFN3O3S. The summed E-state index contributed by atoms with van der Waals surface area (Å²) in [5.41, 5.74) is 1.49. The summed E-state index contributed by atoms with van der Waals surface area (Å²) in [5, 5.41) is 2.95. The summed E-state index contributed by atoms with van der Waals surface area (Å²) in [4.78, 5) is 14.2. The largest absolute Gasteiger partial charge is 0.322 e. The number of benzene rings is 3. The number of nitrogens with one attached hydrogen (secondary N) is 1. The van der Waals surface area contributed by atoms with Gasteiger partial charge in [0.15, 0.2) is 0 Å². The molecule has 0 aromatic heterocycles. The molecule has 4 rings (SSSR count). The zero-order chi connectivity index (χ0) is 22.2. The lowest BCUT2D eigenvalue weighted by atomic mass is 10.1. The number of hydrogen-bond donors (Lipinski definition) is 1. The Bertz CT molecular complexity index is 1310. The number of amidine groups is 1. The summed E-state index contributed by atoms with van der Waals surface area (Å²) in [6, 6.07) is 16.8. The van der Waals surface area contributed by atoms with Gasteiger partial charge in [-0.25, -0.2) is 4.39 Å². The number of hydrogen-bond acceptors (Lipinski definition) is 4. The molecule has 6 nitrogen and oxygen atoms in total. The van der Waals surface area contributed by atoms with Crippen molar-refractivity contribution in [3.05, 3.63) is 83.1 Å². The molecule has 0 saturated carbocycles. The molecule has 3 aromatic carbocycles. The average molecular weight is 458 g/mol. The second kappa shape index (κ2) is 8.13. The Morgan fingerprint density at radius 3 is 2.48 bits per heavy atom. The monoisotopic (exact) mass is 457 g/mol. The Hall–Kier alpha value is -3.23. The van der Waals surface area contributed by atoms with Crippen molar-refractivity contribution in [3.63, 3.8) is 0 Å². The molecule has 1 aliphatic heterocycles. The molecule has 0 radical (unpaired) electrons. The third-order valence-corrected chi connectivity index (χ3v) is 6.40. The minimum atomic E-state index is -3.99. The van der Waals surface area contributed by atoms with Crippen LogP contribution in [-0.2, 0) is 10.0 Å².